The molecule has 2 heterocycles. The van der Waals surface area contributed by atoms with Crippen LogP contribution < -0.4 is 0 Å². The highest BCUT2D eigenvalue weighted by Gasteiger charge is 2.40. The molecule has 37 heavy (non-hydrogen) atoms. The van der Waals surface area contributed by atoms with Gasteiger partial charge in [0.25, 0.3) is 0 Å². The van der Waals surface area contributed by atoms with Gasteiger partial charge in [0.2, 0.25) is 0 Å². The lowest BCUT2D eigenvalue weighted by Gasteiger charge is -2.37. The molecule has 0 atom stereocenters. The van der Waals surface area contributed by atoms with Crippen LogP contribution in [0.25, 0.3) is 22.0 Å². The van der Waals surface area contributed by atoms with E-state index in [9.17, 15) is 4.79 Å². The minimum Gasteiger partial charge on any atom is -0.296 e. The van der Waals surface area contributed by atoms with Crippen LogP contribution >= 0.6 is 0 Å². The number of hydrogen-bond donors (Lipinski definition) is 0. The van der Waals surface area contributed by atoms with Crippen molar-refractivity contribution >= 4 is 17.2 Å². The van der Waals surface area contributed by atoms with Gasteiger partial charge >= 0.3 is 0 Å². The van der Waals surface area contributed by atoms with Crippen molar-refractivity contribution in [1.82, 2.24) is 14.8 Å². The summed E-state index contributed by atoms with van der Waals surface area (Å²) in [5.74, 6) is 0. The van der Waals surface area contributed by atoms with E-state index >= 15 is 0 Å². The van der Waals surface area contributed by atoms with Crippen molar-refractivity contribution in [1.29, 1.82) is 0 Å². The second-order valence-electron chi connectivity index (χ2n) is 9.21. The van der Waals surface area contributed by atoms with Crippen LogP contribution in [-0.4, -0.2) is 21.1 Å². The highest BCUT2D eigenvalue weighted by atomic mass is 16.1. The second-order valence-corrected chi connectivity index (χ2v) is 9.21. The number of hydrogen-bond acceptors (Lipinski definition) is 3. The van der Waals surface area contributed by atoms with E-state index in [2.05, 4.69) is 59.6 Å². The summed E-state index contributed by atoms with van der Waals surface area (Å²) in [4.78, 5) is 16.7. The maximum atomic E-state index is 12.4. The van der Waals surface area contributed by atoms with E-state index < -0.39 is 5.54 Å². The number of nitrogens with zero attached hydrogens (tertiary/aromatic N) is 3. The van der Waals surface area contributed by atoms with Crippen LogP contribution in [-0.2, 0) is 5.54 Å². The predicted octanol–water partition coefficient (Wildman–Crippen LogP) is 7.06. The summed E-state index contributed by atoms with van der Waals surface area (Å²) >= 11 is 0. The maximum Gasteiger partial charge on any atom is 0.170 e. The van der Waals surface area contributed by atoms with E-state index in [-0.39, 0.29) is 0 Å². The van der Waals surface area contributed by atoms with Crippen molar-refractivity contribution in [2.24, 2.45) is 0 Å². The second kappa shape index (κ2) is 9.32. The molecule has 6 rings (SSSR count). The first-order valence-electron chi connectivity index (χ1n) is 12.3. The molecule has 0 amide bonds. The minimum atomic E-state index is -0.796. The number of benzene rings is 4. The molecule has 0 aliphatic heterocycles. The van der Waals surface area contributed by atoms with Crippen molar-refractivity contribution in [3.8, 4) is 11.1 Å². The Morgan fingerprint density at radius 3 is 1.76 bits per heavy atom. The summed E-state index contributed by atoms with van der Waals surface area (Å²) in [6.07, 6.45) is 4.54. The van der Waals surface area contributed by atoms with Crippen molar-refractivity contribution in [3.05, 3.63) is 156 Å². The van der Waals surface area contributed by atoms with Gasteiger partial charge in [0, 0.05) is 23.3 Å². The van der Waals surface area contributed by atoms with Crippen LogP contribution in [0.2, 0.25) is 0 Å². The Bertz CT molecular complexity index is 1590. The first kappa shape index (κ1) is 22.6. The number of aldehydes is 1. The molecule has 0 saturated carbocycles. The van der Waals surface area contributed by atoms with Crippen molar-refractivity contribution in [3.63, 3.8) is 0 Å². The minimum absolute atomic E-state index is 0.407. The standard InChI is InChI=1S/C33H25N3O/c1-24-19-26(22-34-21-24)25-17-18-32-30(20-25)31(23-37)35-36(32)33(27-11-5-2-6-12-27,28-13-7-3-8-14-28)29-15-9-4-10-16-29/h2-23H,1H3. The average molecular weight is 480 g/mol. The monoisotopic (exact) mass is 479 g/mol. The Labute approximate surface area is 215 Å². The fourth-order valence-corrected chi connectivity index (χ4v) is 5.28. The Hall–Kier alpha value is -4.83. The first-order chi connectivity index (χ1) is 18.2. The number of rotatable bonds is 6. The molecule has 4 nitrogen and oxygen atoms in total. The number of carbonyl (C=O) groups excluding carboxylic acids is 1. The normalized spacial score (nSPS) is 11.5. The Morgan fingerprint density at radius 1 is 0.676 bits per heavy atom. The SMILES string of the molecule is Cc1cncc(-c2ccc3c(c2)c(C=O)nn3C(c2ccccc2)(c2ccccc2)c2ccccc2)c1. The zero-order valence-electron chi connectivity index (χ0n) is 20.5. The number of fused-ring (bicyclic) bond motifs is 1. The van der Waals surface area contributed by atoms with Gasteiger partial charge in [-0.2, -0.15) is 5.10 Å². The zero-order chi connectivity index (χ0) is 25.2. The summed E-state index contributed by atoms with van der Waals surface area (Å²) in [6, 6.07) is 39.4. The molecule has 0 bridgehead atoms. The third kappa shape index (κ3) is 3.74. The predicted molar refractivity (Wildman–Crippen MR) is 148 cm³/mol. The fourth-order valence-electron chi connectivity index (χ4n) is 5.28. The van der Waals surface area contributed by atoms with Crippen LogP contribution in [0, 0.1) is 6.92 Å². The summed E-state index contributed by atoms with van der Waals surface area (Å²) in [7, 11) is 0. The molecule has 0 saturated heterocycles. The molecule has 2 aromatic heterocycles. The molecule has 0 aliphatic carbocycles. The van der Waals surface area contributed by atoms with Crippen molar-refractivity contribution in [2.45, 2.75) is 12.5 Å². The van der Waals surface area contributed by atoms with E-state index in [1.54, 1.807) is 0 Å². The third-order valence-electron chi connectivity index (χ3n) is 6.92. The maximum absolute atomic E-state index is 12.4. The molecule has 0 unspecified atom stereocenters. The van der Waals surface area contributed by atoms with E-state index in [0.29, 0.717) is 5.69 Å². The van der Waals surface area contributed by atoms with Gasteiger partial charge in [-0.05, 0) is 52.9 Å². The van der Waals surface area contributed by atoms with Gasteiger partial charge in [-0.3, -0.25) is 9.78 Å². The molecule has 6 aromatic rings. The molecule has 4 heteroatoms. The molecule has 0 aliphatic rings. The summed E-state index contributed by atoms with van der Waals surface area (Å²) < 4.78 is 2.02. The van der Waals surface area contributed by atoms with E-state index in [1.807, 2.05) is 84.7 Å². The molecule has 178 valence electrons. The molecular weight excluding hydrogens is 454 g/mol. The van der Waals surface area contributed by atoms with Gasteiger partial charge < -0.3 is 0 Å². The molecular formula is C33H25N3O. The lowest BCUT2D eigenvalue weighted by Crippen LogP contribution is -2.38. The molecule has 0 spiro atoms. The smallest absolute Gasteiger partial charge is 0.170 e. The highest BCUT2D eigenvalue weighted by molar-refractivity contribution is 5.98. The Morgan fingerprint density at radius 2 is 1.24 bits per heavy atom. The van der Waals surface area contributed by atoms with Crippen LogP contribution in [0.3, 0.4) is 0 Å². The molecule has 4 aromatic carbocycles. The Kier molecular flexibility index (Phi) is 5.70. The van der Waals surface area contributed by atoms with Gasteiger partial charge in [0.15, 0.2) is 6.29 Å². The fraction of sp³-hybridized carbons (Fsp3) is 0.0606. The number of aryl methyl sites for hydroxylation is 1. The van der Waals surface area contributed by atoms with Crippen molar-refractivity contribution in [2.75, 3.05) is 0 Å². The van der Waals surface area contributed by atoms with Crippen LogP contribution in [0.1, 0.15) is 32.7 Å². The lowest BCUT2D eigenvalue weighted by atomic mass is 9.77. The van der Waals surface area contributed by atoms with Gasteiger partial charge in [0.05, 0.1) is 5.52 Å². The molecule has 0 N–H and O–H groups in total. The van der Waals surface area contributed by atoms with Crippen molar-refractivity contribution < 1.29 is 4.79 Å². The average Bonchev–Trinajstić information content (AvgIpc) is 3.33. The van der Waals surface area contributed by atoms with Crippen LogP contribution in [0.15, 0.2) is 128 Å². The van der Waals surface area contributed by atoms with E-state index in [1.165, 1.54) is 0 Å². The van der Waals surface area contributed by atoms with Gasteiger partial charge in [-0.1, -0.05) is 97.1 Å². The summed E-state index contributed by atoms with van der Waals surface area (Å²) in [6.45, 7) is 2.03. The zero-order valence-corrected chi connectivity index (χ0v) is 20.5. The Balaban J connectivity index is 1.72. The van der Waals surface area contributed by atoms with Gasteiger partial charge in [-0.25, -0.2) is 4.68 Å². The van der Waals surface area contributed by atoms with Gasteiger partial charge in [0.1, 0.15) is 11.2 Å². The molecule has 0 radical (unpaired) electrons. The number of pyridine rings is 1. The molecule has 0 fully saturated rings. The number of carbonyl (C=O) groups is 1. The first-order valence-corrected chi connectivity index (χ1v) is 12.3. The summed E-state index contributed by atoms with van der Waals surface area (Å²) in [5.41, 5.74) is 6.75. The largest absolute Gasteiger partial charge is 0.296 e. The third-order valence-corrected chi connectivity index (χ3v) is 6.92. The topological polar surface area (TPSA) is 47.8 Å². The van der Waals surface area contributed by atoms with Crippen LogP contribution in [0.5, 0.6) is 0 Å². The van der Waals surface area contributed by atoms with E-state index in [4.69, 9.17) is 5.10 Å². The summed E-state index contributed by atoms with van der Waals surface area (Å²) in [5, 5.41) is 5.80. The van der Waals surface area contributed by atoms with Crippen LogP contribution in [0.4, 0.5) is 0 Å². The quantitative estimate of drug-likeness (QED) is 0.190. The number of aromatic nitrogens is 3. The van der Waals surface area contributed by atoms with Gasteiger partial charge in [-0.15, -0.1) is 0 Å². The lowest BCUT2D eigenvalue weighted by molar-refractivity contribution is 0.111. The highest BCUT2D eigenvalue weighted by Crippen LogP contribution is 2.43. The van der Waals surface area contributed by atoms with E-state index in [0.717, 1.165) is 50.6 Å².